The van der Waals surface area contributed by atoms with Gasteiger partial charge in [0.05, 0.1) is 22.9 Å². The largest absolute Gasteiger partial charge is 0.463 e. The van der Waals surface area contributed by atoms with Gasteiger partial charge in [0, 0.05) is 6.54 Å². The second kappa shape index (κ2) is 10.3. The summed E-state index contributed by atoms with van der Waals surface area (Å²) in [6.45, 7) is 11.8. The smallest absolute Gasteiger partial charge is 0.410 e. The number of likely N-dealkylation sites (tertiary alicyclic amines) is 1. The van der Waals surface area contributed by atoms with Crippen LogP contribution < -0.4 is 0 Å². The van der Waals surface area contributed by atoms with Crippen LogP contribution in [0.5, 0.6) is 0 Å². The fourth-order valence-electron chi connectivity index (χ4n) is 2.75. The van der Waals surface area contributed by atoms with Crippen LogP contribution in [0.1, 0.15) is 54.4 Å². The number of hydrogen-bond donors (Lipinski definition) is 0. The predicted octanol–water partition coefficient (Wildman–Crippen LogP) is 2.70. The van der Waals surface area contributed by atoms with E-state index in [-0.39, 0.29) is 43.8 Å². The average Bonchev–Trinajstić information content (AvgIpc) is 2.98. The molecule has 0 aromatic heterocycles. The molecule has 1 aliphatic rings. The van der Waals surface area contributed by atoms with Crippen LogP contribution in [0.2, 0.25) is 0 Å². The number of carbonyl (C=O) groups excluding carboxylic acids is 3. The average molecular weight is 415 g/mol. The zero-order valence-corrected chi connectivity index (χ0v) is 19.2. The lowest BCUT2D eigenvalue weighted by Crippen LogP contribution is -2.47. The van der Waals surface area contributed by atoms with Crippen LogP contribution in [0.25, 0.3) is 0 Å². The second-order valence-corrected chi connectivity index (χ2v) is 9.91. The van der Waals surface area contributed by atoms with Gasteiger partial charge in [-0.3, -0.25) is 14.5 Å². The van der Waals surface area contributed by atoms with Crippen LogP contribution in [0.3, 0.4) is 0 Å². The third-order valence-electron chi connectivity index (χ3n) is 4.63. The lowest BCUT2D eigenvalue weighted by molar-refractivity contribution is -0.155. The molecule has 1 saturated heterocycles. The molecule has 1 aliphatic heterocycles. The number of nitrogens with zero attached hydrogens (tertiary/aromatic N) is 2. The quantitative estimate of drug-likeness (QED) is 0.468. The highest BCUT2D eigenvalue weighted by molar-refractivity contribution is 5.76. The molecule has 2 atom stereocenters. The van der Waals surface area contributed by atoms with Crippen LogP contribution in [0.4, 0.5) is 4.79 Å². The molecule has 1 heterocycles. The topological polar surface area (TPSA) is 85.4 Å². The zero-order chi connectivity index (χ0) is 22.4. The van der Waals surface area contributed by atoms with Crippen LogP contribution in [0.15, 0.2) is 0 Å². The Bertz CT molecular complexity index is 539. The van der Waals surface area contributed by atoms with E-state index in [1.807, 2.05) is 19.0 Å². The zero-order valence-electron chi connectivity index (χ0n) is 19.2. The van der Waals surface area contributed by atoms with Gasteiger partial charge in [-0.1, -0.05) is 0 Å². The highest BCUT2D eigenvalue weighted by Gasteiger charge is 2.40. The summed E-state index contributed by atoms with van der Waals surface area (Å²) >= 11 is 0. The van der Waals surface area contributed by atoms with Crippen molar-refractivity contribution in [3.05, 3.63) is 0 Å². The Morgan fingerprint density at radius 3 is 1.59 bits per heavy atom. The van der Waals surface area contributed by atoms with Crippen molar-refractivity contribution >= 4 is 18.0 Å². The molecule has 1 amide bonds. The van der Waals surface area contributed by atoms with Crippen molar-refractivity contribution < 1.29 is 28.6 Å². The third kappa shape index (κ3) is 8.20. The van der Waals surface area contributed by atoms with Gasteiger partial charge in [0.2, 0.25) is 0 Å². The number of esters is 2. The summed E-state index contributed by atoms with van der Waals surface area (Å²) in [6, 6.07) is -0.599. The fourth-order valence-corrected chi connectivity index (χ4v) is 2.75. The number of ether oxygens (including phenoxy) is 3. The predicted molar refractivity (Wildman–Crippen MR) is 109 cm³/mol. The SMILES string of the molecule is CN(C)CCOC(=O)N1[C@@H](COC(=O)C(C)(C)C)CC[C@H]1COC(=O)C(C)(C)C. The van der Waals surface area contributed by atoms with Gasteiger partial charge < -0.3 is 19.1 Å². The molecule has 0 aromatic carbocycles. The van der Waals surface area contributed by atoms with Gasteiger partial charge in [-0.2, -0.15) is 0 Å². The molecule has 8 nitrogen and oxygen atoms in total. The molecule has 0 aliphatic carbocycles. The molecular formula is C21H38N2O6. The molecule has 29 heavy (non-hydrogen) atoms. The van der Waals surface area contributed by atoms with E-state index in [0.717, 1.165) is 0 Å². The number of hydrogen-bond acceptors (Lipinski definition) is 7. The van der Waals surface area contributed by atoms with E-state index in [9.17, 15) is 14.4 Å². The van der Waals surface area contributed by atoms with Gasteiger partial charge in [0.25, 0.3) is 0 Å². The first-order valence-corrected chi connectivity index (χ1v) is 10.2. The van der Waals surface area contributed by atoms with Crippen molar-refractivity contribution in [3.8, 4) is 0 Å². The first-order chi connectivity index (χ1) is 13.2. The summed E-state index contributed by atoms with van der Waals surface area (Å²) in [5.41, 5.74) is -1.23. The molecule has 1 rings (SSSR count). The normalized spacial score (nSPS) is 20.0. The number of rotatable bonds is 7. The first kappa shape index (κ1) is 25.2. The van der Waals surface area contributed by atoms with Crippen molar-refractivity contribution in [3.63, 3.8) is 0 Å². The summed E-state index contributed by atoms with van der Waals surface area (Å²) in [7, 11) is 3.79. The van der Waals surface area contributed by atoms with Gasteiger partial charge >= 0.3 is 18.0 Å². The Labute approximate surface area is 174 Å². The van der Waals surface area contributed by atoms with Crippen LogP contribution >= 0.6 is 0 Å². The molecule has 1 fully saturated rings. The minimum atomic E-state index is -0.614. The minimum Gasteiger partial charge on any atom is -0.463 e. The van der Waals surface area contributed by atoms with E-state index < -0.39 is 16.9 Å². The maximum atomic E-state index is 12.7. The molecule has 0 N–H and O–H groups in total. The summed E-state index contributed by atoms with van der Waals surface area (Å²) in [5.74, 6) is -0.637. The molecule has 0 bridgehead atoms. The fraction of sp³-hybridized carbons (Fsp3) is 0.857. The molecule has 0 aromatic rings. The maximum absolute atomic E-state index is 12.7. The number of amides is 1. The van der Waals surface area contributed by atoms with Gasteiger partial charge in [-0.15, -0.1) is 0 Å². The lowest BCUT2D eigenvalue weighted by atomic mass is 9.97. The van der Waals surface area contributed by atoms with Crippen LogP contribution in [0, 0.1) is 10.8 Å². The van der Waals surface area contributed by atoms with E-state index >= 15 is 0 Å². The number of likely N-dealkylation sites (N-methyl/N-ethyl adjacent to an activating group) is 1. The van der Waals surface area contributed by atoms with E-state index in [4.69, 9.17) is 14.2 Å². The van der Waals surface area contributed by atoms with Gasteiger partial charge in [0.1, 0.15) is 19.8 Å². The molecule has 0 radical (unpaired) electrons. The Kier molecular flexibility index (Phi) is 8.93. The van der Waals surface area contributed by atoms with E-state index in [1.54, 1.807) is 46.4 Å². The van der Waals surface area contributed by atoms with E-state index in [1.165, 1.54) is 0 Å². The Hall–Kier alpha value is -1.83. The molecule has 0 saturated carbocycles. The Balaban J connectivity index is 2.79. The first-order valence-electron chi connectivity index (χ1n) is 10.2. The molecule has 168 valence electrons. The molecule has 0 unspecified atom stereocenters. The standard InChI is InChI=1S/C21H38N2O6/c1-20(2,3)17(24)28-13-15-9-10-16(14-29-18(25)21(4,5)6)23(15)19(26)27-12-11-22(7)8/h15-16H,9-14H2,1-8H3/t15-,16+. The van der Waals surface area contributed by atoms with Gasteiger partial charge in [-0.05, 0) is 68.5 Å². The Morgan fingerprint density at radius 1 is 0.828 bits per heavy atom. The minimum absolute atomic E-state index is 0.0998. The summed E-state index contributed by atoms with van der Waals surface area (Å²) in [5, 5.41) is 0. The van der Waals surface area contributed by atoms with E-state index in [0.29, 0.717) is 19.4 Å². The van der Waals surface area contributed by atoms with Crippen molar-refractivity contribution in [2.75, 3.05) is 40.5 Å². The summed E-state index contributed by atoms with van der Waals surface area (Å²) in [4.78, 5) is 40.5. The Morgan fingerprint density at radius 2 is 1.24 bits per heavy atom. The summed E-state index contributed by atoms with van der Waals surface area (Å²) in [6.07, 6.45) is 0.827. The van der Waals surface area contributed by atoms with Crippen molar-refractivity contribution in [2.45, 2.75) is 66.5 Å². The van der Waals surface area contributed by atoms with Crippen molar-refractivity contribution in [1.82, 2.24) is 9.80 Å². The highest BCUT2D eigenvalue weighted by Crippen LogP contribution is 2.27. The van der Waals surface area contributed by atoms with Crippen LogP contribution in [-0.4, -0.2) is 80.4 Å². The lowest BCUT2D eigenvalue weighted by Gasteiger charge is -2.30. The van der Waals surface area contributed by atoms with E-state index in [2.05, 4.69) is 0 Å². The van der Waals surface area contributed by atoms with Gasteiger partial charge in [-0.25, -0.2) is 4.79 Å². The molecular weight excluding hydrogens is 376 g/mol. The summed E-state index contributed by atoms with van der Waals surface area (Å²) < 4.78 is 16.3. The monoisotopic (exact) mass is 414 g/mol. The van der Waals surface area contributed by atoms with Crippen molar-refractivity contribution in [2.24, 2.45) is 10.8 Å². The molecule has 8 heteroatoms. The third-order valence-corrected chi connectivity index (χ3v) is 4.63. The number of carbonyl (C=O) groups is 3. The molecule has 0 spiro atoms. The van der Waals surface area contributed by atoms with Crippen molar-refractivity contribution in [1.29, 1.82) is 0 Å². The maximum Gasteiger partial charge on any atom is 0.410 e. The van der Waals surface area contributed by atoms with Crippen LogP contribution in [-0.2, 0) is 23.8 Å². The van der Waals surface area contributed by atoms with Gasteiger partial charge in [0.15, 0.2) is 0 Å². The second-order valence-electron chi connectivity index (χ2n) is 9.91. The highest BCUT2D eigenvalue weighted by atomic mass is 16.6.